The molecule has 5 nitrogen and oxygen atoms in total. The number of aromatic amines is 1. The fraction of sp³-hybridized carbons (Fsp3) is 0.333. The van der Waals surface area contributed by atoms with Gasteiger partial charge in [0.25, 0.3) is 0 Å². The molecule has 0 saturated carbocycles. The van der Waals surface area contributed by atoms with E-state index in [1.807, 2.05) is 30.3 Å². The van der Waals surface area contributed by atoms with E-state index < -0.39 is 0 Å². The summed E-state index contributed by atoms with van der Waals surface area (Å²) >= 11 is 6.17. The molecule has 1 aliphatic heterocycles. The van der Waals surface area contributed by atoms with Gasteiger partial charge in [-0.1, -0.05) is 35.9 Å². The smallest absolute Gasteiger partial charge is 0.225 e. The Morgan fingerprint density at radius 3 is 3.04 bits per heavy atom. The van der Waals surface area contributed by atoms with Crippen molar-refractivity contribution in [3.05, 3.63) is 58.6 Å². The summed E-state index contributed by atoms with van der Waals surface area (Å²) in [4.78, 5) is 22.9. The van der Waals surface area contributed by atoms with Crippen LogP contribution in [0.1, 0.15) is 24.0 Å². The van der Waals surface area contributed by atoms with Crippen molar-refractivity contribution in [2.45, 2.75) is 26.3 Å². The Morgan fingerprint density at radius 2 is 2.19 bits per heavy atom. The second kappa shape index (κ2) is 7.61. The molecular formula is C21H23ClN4O. The summed E-state index contributed by atoms with van der Waals surface area (Å²) in [5.74, 6) is 0.877. The number of aryl methyl sites for hydroxylation is 1. The number of hydrogen-bond donors (Lipinski definition) is 2. The van der Waals surface area contributed by atoms with Crippen LogP contribution in [0.4, 0.5) is 5.95 Å². The third kappa shape index (κ3) is 3.93. The number of hydrogen-bond acceptors (Lipinski definition) is 3. The van der Waals surface area contributed by atoms with E-state index >= 15 is 0 Å². The predicted molar refractivity (Wildman–Crippen MR) is 109 cm³/mol. The van der Waals surface area contributed by atoms with Crippen LogP contribution in [-0.2, 0) is 11.3 Å². The number of aromatic nitrogens is 2. The Bertz CT molecular complexity index is 968. The molecule has 3 aromatic rings. The molecule has 27 heavy (non-hydrogen) atoms. The van der Waals surface area contributed by atoms with Crippen molar-refractivity contribution in [2.24, 2.45) is 5.92 Å². The van der Waals surface area contributed by atoms with Crippen LogP contribution in [0.2, 0.25) is 5.02 Å². The molecule has 4 rings (SSSR count). The molecule has 2 heterocycles. The van der Waals surface area contributed by atoms with Crippen molar-refractivity contribution in [3.8, 4) is 0 Å². The number of imidazole rings is 1. The molecule has 0 radical (unpaired) electrons. The van der Waals surface area contributed by atoms with Gasteiger partial charge in [-0.25, -0.2) is 4.98 Å². The van der Waals surface area contributed by atoms with E-state index in [9.17, 15) is 4.79 Å². The number of carbonyl (C=O) groups is 1. The Labute approximate surface area is 163 Å². The van der Waals surface area contributed by atoms with Crippen molar-refractivity contribution in [2.75, 3.05) is 18.0 Å². The Morgan fingerprint density at radius 1 is 1.33 bits per heavy atom. The Kier molecular flexibility index (Phi) is 5.03. The molecule has 1 atom stereocenters. The van der Waals surface area contributed by atoms with Crippen LogP contribution >= 0.6 is 11.6 Å². The average Bonchev–Trinajstić information content (AvgIpc) is 3.10. The number of nitrogens with zero attached hydrogens (tertiary/aromatic N) is 2. The average molecular weight is 383 g/mol. The summed E-state index contributed by atoms with van der Waals surface area (Å²) in [5.41, 5.74) is 4.14. The maximum atomic E-state index is 12.7. The Hall–Kier alpha value is -2.53. The summed E-state index contributed by atoms with van der Waals surface area (Å²) in [6.07, 6.45) is 1.87. The lowest BCUT2D eigenvalue weighted by atomic mass is 9.97. The van der Waals surface area contributed by atoms with Crippen LogP contribution in [0.15, 0.2) is 42.5 Å². The first-order valence-corrected chi connectivity index (χ1v) is 9.70. The standard InChI is InChI=1S/C21H23ClN4O/c1-14-8-9-18-19(11-14)25-21(24-18)26-10-4-6-16(13-26)20(27)23-12-15-5-2-3-7-17(15)22/h2-3,5,7-9,11,16H,4,6,10,12-13H2,1H3,(H,23,27)(H,24,25). The highest BCUT2D eigenvalue weighted by Crippen LogP contribution is 2.24. The summed E-state index contributed by atoms with van der Waals surface area (Å²) in [6, 6.07) is 13.8. The molecule has 1 aliphatic rings. The minimum absolute atomic E-state index is 0.0452. The van der Waals surface area contributed by atoms with Crippen LogP contribution in [-0.4, -0.2) is 29.0 Å². The number of benzene rings is 2. The fourth-order valence-electron chi connectivity index (χ4n) is 3.61. The number of nitrogens with one attached hydrogen (secondary N) is 2. The van der Waals surface area contributed by atoms with Crippen molar-refractivity contribution >= 4 is 34.5 Å². The number of anilines is 1. The second-order valence-electron chi connectivity index (χ2n) is 7.18. The van der Waals surface area contributed by atoms with Crippen molar-refractivity contribution in [3.63, 3.8) is 0 Å². The highest BCUT2D eigenvalue weighted by Gasteiger charge is 2.27. The van der Waals surface area contributed by atoms with E-state index in [1.165, 1.54) is 5.56 Å². The third-order valence-electron chi connectivity index (χ3n) is 5.13. The van der Waals surface area contributed by atoms with E-state index in [0.29, 0.717) is 18.1 Å². The molecule has 1 amide bonds. The number of H-pyrrole nitrogens is 1. The number of fused-ring (bicyclic) bond motifs is 1. The molecule has 140 valence electrons. The largest absolute Gasteiger partial charge is 0.352 e. The van der Waals surface area contributed by atoms with Gasteiger partial charge >= 0.3 is 0 Å². The van der Waals surface area contributed by atoms with E-state index in [2.05, 4.69) is 34.3 Å². The highest BCUT2D eigenvalue weighted by atomic mass is 35.5. The van der Waals surface area contributed by atoms with Gasteiger partial charge in [-0.2, -0.15) is 0 Å². The molecular weight excluding hydrogens is 360 g/mol. The van der Waals surface area contributed by atoms with Gasteiger partial charge in [-0.3, -0.25) is 4.79 Å². The lowest BCUT2D eigenvalue weighted by molar-refractivity contribution is -0.125. The van der Waals surface area contributed by atoms with Crippen molar-refractivity contribution in [1.29, 1.82) is 0 Å². The van der Waals surface area contributed by atoms with Gasteiger partial charge in [-0.05, 0) is 49.1 Å². The third-order valence-corrected chi connectivity index (χ3v) is 5.50. The van der Waals surface area contributed by atoms with Gasteiger partial charge in [-0.15, -0.1) is 0 Å². The first kappa shape index (κ1) is 17.9. The molecule has 1 fully saturated rings. The minimum Gasteiger partial charge on any atom is -0.352 e. The van der Waals surface area contributed by atoms with E-state index in [1.54, 1.807) is 0 Å². The number of halogens is 1. The van der Waals surface area contributed by atoms with Crippen LogP contribution in [0.3, 0.4) is 0 Å². The molecule has 1 aromatic heterocycles. The van der Waals surface area contributed by atoms with Crippen LogP contribution < -0.4 is 10.2 Å². The van der Waals surface area contributed by atoms with Gasteiger partial charge in [0.15, 0.2) is 0 Å². The van der Waals surface area contributed by atoms with Crippen molar-refractivity contribution in [1.82, 2.24) is 15.3 Å². The first-order valence-electron chi connectivity index (χ1n) is 9.32. The van der Waals surface area contributed by atoms with E-state index in [-0.39, 0.29) is 11.8 Å². The molecule has 6 heteroatoms. The van der Waals surface area contributed by atoms with Gasteiger partial charge in [0, 0.05) is 24.7 Å². The summed E-state index contributed by atoms with van der Waals surface area (Å²) in [7, 11) is 0. The zero-order valence-corrected chi connectivity index (χ0v) is 16.1. The summed E-state index contributed by atoms with van der Waals surface area (Å²) < 4.78 is 0. The normalized spacial score (nSPS) is 17.3. The van der Waals surface area contributed by atoms with Gasteiger partial charge in [0.1, 0.15) is 0 Å². The van der Waals surface area contributed by atoms with Gasteiger partial charge < -0.3 is 15.2 Å². The number of piperidine rings is 1. The van der Waals surface area contributed by atoms with Crippen molar-refractivity contribution < 1.29 is 4.79 Å². The topological polar surface area (TPSA) is 61.0 Å². The fourth-order valence-corrected chi connectivity index (χ4v) is 3.81. The molecule has 2 N–H and O–H groups in total. The lowest BCUT2D eigenvalue weighted by Crippen LogP contribution is -2.43. The monoisotopic (exact) mass is 382 g/mol. The SMILES string of the molecule is Cc1ccc2nc(N3CCCC(C(=O)NCc4ccccc4Cl)C3)[nH]c2c1. The predicted octanol–water partition coefficient (Wildman–Crippen LogP) is 4.06. The zero-order valence-electron chi connectivity index (χ0n) is 15.3. The molecule has 1 saturated heterocycles. The number of carbonyl (C=O) groups excluding carboxylic acids is 1. The Balaban J connectivity index is 1.42. The summed E-state index contributed by atoms with van der Waals surface area (Å²) in [5, 5.41) is 3.72. The zero-order chi connectivity index (χ0) is 18.8. The highest BCUT2D eigenvalue weighted by molar-refractivity contribution is 6.31. The van der Waals surface area contributed by atoms with Crippen LogP contribution in [0, 0.1) is 12.8 Å². The molecule has 0 spiro atoms. The van der Waals surface area contributed by atoms with Gasteiger partial charge in [0.2, 0.25) is 11.9 Å². The maximum absolute atomic E-state index is 12.7. The molecule has 0 bridgehead atoms. The van der Waals surface area contributed by atoms with Crippen LogP contribution in [0.5, 0.6) is 0 Å². The molecule has 1 unspecified atom stereocenters. The number of amides is 1. The number of rotatable bonds is 4. The minimum atomic E-state index is -0.0452. The second-order valence-corrected chi connectivity index (χ2v) is 7.58. The lowest BCUT2D eigenvalue weighted by Gasteiger charge is -2.31. The summed E-state index contributed by atoms with van der Waals surface area (Å²) in [6.45, 7) is 4.11. The van der Waals surface area contributed by atoms with E-state index in [4.69, 9.17) is 16.6 Å². The molecule has 0 aliphatic carbocycles. The first-order chi connectivity index (χ1) is 13.1. The van der Waals surface area contributed by atoms with Crippen LogP contribution in [0.25, 0.3) is 11.0 Å². The molecule has 2 aromatic carbocycles. The quantitative estimate of drug-likeness (QED) is 0.715. The van der Waals surface area contributed by atoms with E-state index in [0.717, 1.165) is 41.9 Å². The van der Waals surface area contributed by atoms with Gasteiger partial charge in [0.05, 0.1) is 17.0 Å². The maximum Gasteiger partial charge on any atom is 0.225 e.